The number of aryl methyl sites for hydroxylation is 1. The molecular formula is C23H20F2N4O2. The molecule has 1 N–H and O–H groups in total. The van der Waals surface area contributed by atoms with Crippen molar-refractivity contribution in [1.29, 1.82) is 0 Å². The Morgan fingerprint density at radius 2 is 1.87 bits per heavy atom. The second kappa shape index (κ2) is 8.56. The molecule has 0 atom stereocenters. The molecule has 3 aromatic rings. The normalized spacial score (nSPS) is 14.0. The van der Waals surface area contributed by atoms with Crippen LogP contribution in [-0.4, -0.2) is 42.0 Å². The van der Waals surface area contributed by atoms with Crippen LogP contribution in [0.1, 0.15) is 12.1 Å². The van der Waals surface area contributed by atoms with Crippen LogP contribution in [0, 0.1) is 18.2 Å². The van der Waals surface area contributed by atoms with E-state index < -0.39 is 17.2 Å². The highest BCUT2D eigenvalue weighted by atomic mass is 19.1. The molecular weight excluding hydrogens is 402 g/mol. The van der Waals surface area contributed by atoms with Gasteiger partial charge in [0.25, 0.3) is 5.56 Å². The summed E-state index contributed by atoms with van der Waals surface area (Å²) in [5.74, 6) is -1.02. The summed E-state index contributed by atoms with van der Waals surface area (Å²) >= 11 is 0. The number of aromatic nitrogens is 1. The molecule has 1 saturated heterocycles. The molecule has 8 heteroatoms. The van der Waals surface area contributed by atoms with Gasteiger partial charge >= 0.3 is 0 Å². The Morgan fingerprint density at radius 1 is 1.10 bits per heavy atom. The summed E-state index contributed by atoms with van der Waals surface area (Å²) < 4.78 is 27.5. The van der Waals surface area contributed by atoms with Gasteiger partial charge in [0.1, 0.15) is 11.6 Å². The molecule has 1 fully saturated rings. The number of carbonyl (C=O) groups is 1. The Morgan fingerprint density at radius 3 is 2.61 bits per heavy atom. The maximum Gasteiger partial charge on any atom is 0.258 e. The van der Waals surface area contributed by atoms with Crippen LogP contribution in [0.5, 0.6) is 0 Å². The van der Waals surface area contributed by atoms with E-state index in [1.165, 1.54) is 24.3 Å². The second-order valence-electron chi connectivity index (χ2n) is 7.44. The van der Waals surface area contributed by atoms with Crippen LogP contribution >= 0.6 is 0 Å². The first-order chi connectivity index (χ1) is 15.0. The number of piperazine rings is 1. The van der Waals surface area contributed by atoms with Gasteiger partial charge in [0.05, 0.1) is 12.0 Å². The van der Waals surface area contributed by atoms with Crippen molar-refractivity contribution in [2.45, 2.75) is 12.8 Å². The Kier molecular flexibility index (Phi) is 5.67. The zero-order chi connectivity index (χ0) is 22.0. The van der Waals surface area contributed by atoms with Crippen molar-refractivity contribution in [2.75, 3.05) is 31.1 Å². The van der Waals surface area contributed by atoms with E-state index in [0.29, 0.717) is 55.1 Å². The molecule has 6 nitrogen and oxygen atoms in total. The van der Waals surface area contributed by atoms with E-state index in [2.05, 4.69) is 9.83 Å². The van der Waals surface area contributed by atoms with Gasteiger partial charge in [-0.1, -0.05) is 18.2 Å². The third-order valence-electron chi connectivity index (χ3n) is 5.52. The number of hydrogen-bond donors (Lipinski definition) is 1. The van der Waals surface area contributed by atoms with Gasteiger partial charge in [-0.25, -0.2) is 13.6 Å². The summed E-state index contributed by atoms with van der Waals surface area (Å²) in [6.07, 6.45) is 0.552. The molecule has 1 aliphatic heterocycles. The molecule has 0 aliphatic carbocycles. The highest BCUT2D eigenvalue weighted by Gasteiger charge is 2.23. The zero-order valence-electron chi connectivity index (χ0n) is 16.7. The molecule has 0 unspecified atom stereocenters. The lowest BCUT2D eigenvalue weighted by atomic mass is 10.1. The minimum Gasteiger partial charge on any atom is -0.377 e. The van der Waals surface area contributed by atoms with E-state index in [-0.39, 0.29) is 17.7 Å². The SMILES string of the molecule is [C-]#[N+]c1ccc(F)cc1N1CCN(C(=O)CCc2cc3cccc(F)c3c(=O)[nH]2)CC1. The van der Waals surface area contributed by atoms with Crippen molar-refractivity contribution in [3.8, 4) is 0 Å². The number of hydrogen-bond acceptors (Lipinski definition) is 3. The highest BCUT2D eigenvalue weighted by molar-refractivity contribution is 5.82. The molecule has 0 radical (unpaired) electrons. The Balaban J connectivity index is 1.38. The van der Waals surface area contributed by atoms with Gasteiger partial charge in [-0.2, -0.15) is 0 Å². The summed E-state index contributed by atoms with van der Waals surface area (Å²) in [5.41, 5.74) is 1.01. The molecule has 2 heterocycles. The van der Waals surface area contributed by atoms with E-state index in [9.17, 15) is 18.4 Å². The number of aromatic amines is 1. The Hall–Kier alpha value is -3.73. The van der Waals surface area contributed by atoms with Gasteiger partial charge in [0, 0.05) is 44.0 Å². The summed E-state index contributed by atoms with van der Waals surface area (Å²) in [6, 6.07) is 10.2. The largest absolute Gasteiger partial charge is 0.377 e. The third-order valence-corrected chi connectivity index (χ3v) is 5.52. The number of nitrogens with zero attached hydrogens (tertiary/aromatic N) is 3. The van der Waals surface area contributed by atoms with E-state index in [4.69, 9.17) is 6.57 Å². The fourth-order valence-corrected chi connectivity index (χ4v) is 3.91. The van der Waals surface area contributed by atoms with Crippen LogP contribution in [0.15, 0.2) is 47.3 Å². The first-order valence-electron chi connectivity index (χ1n) is 9.96. The van der Waals surface area contributed by atoms with Gasteiger partial charge < -0.3 is 14.8 Å². The van der Waals surface area contributed by atoms with Crippen molar-refractivity contribution in [3.05, 3.63) is 81.6 Å². The minimum atomic E-state index is -0.570. The van der Waals surface area contributed by atoms with Gasteiger partial charge in [-0.15, -0.1) is 0 Å². The van der Waals surface area contributed by atoms with Crippen LogP contribution in [0.25, 0.3) is 15.6 Å². The molecule has 31 heavy (non-hydrogen) atoms. The number of rotatable bonds is 4. The summed E-state index contributed by atoms with van der Waals surface area (Å²) in [5, 5.41) is 0.523. The number of carbonyl (C=O) groups excluding carboxylic acids is 1. The summed E-state index contributed by atoms with van der Waals surface area (Å²) in [4.78, 5) is 34.6. The molecule has 158 valence electrons. The quantitative estimate of drug-likeness (QED) is 0.653. The van der Waals surface area contributed by atoms with Crippen LogP contribution in [0.4, 0.5) is 20.2 Å². The van der Waals surface area contributed by atoms with Crippen molar-refractivity contribution >= 4 is 28.1 Å². The van der Waals surface area contributed by atoms with Crippen LogP contribution < -0.4 is 10.5 Å². The molecule has 4 rings (SSSR count). The van der Waals surface area contributed by atoms with E-state index in [0.717, 1.165) is 0 Å². The lowest BCUT2D eigenvalue weighted by Gasteiger charge is -2.36. The molecule has 0 saturated carbocycles. The monoisotopic (exact) mass is 422 g/mol. The number of amides is 1. The molecule has 0 spiro atoms. The second-order valence-corrected chi connectivity index (χ2v) is 7.44. The van der Waals surface area contributed by atoms with Crippen molar-refractivity contribution in [3.63, 3.8) is 0 Å². The first kappa shape index (κ1) is 20.5. The number of fused-ring (bicyclic) bond motifs is 1. The number of nitrogens with one attached hydrogen (secondary N) is 1. The van der Waals surface area contributed by atoms with Gasteiger partial charge in [-0.3, -0.25) is 9.59 Å². The zero-order valence-corrected chi connectivity index (χ0v) is 16.7. The number of benzene rings is 2. The topological polar surface area (TPSA) is 60.8 Å². The van der Waals surface area contributed by atoms with Crippen LogP contribution in [0.3, 0.4) is 0 Å². The maximum atomic E-state index is 13.8. The average Bonchev–Trinajstić information content (AvgIpc) is 2.77. The highest BCUT2D eigenvalue weighted by Crippen LogP contribution is 2.30. The number of pyridine rings is 1. The molecule has 1 aliphatic rings. The van der Waals surface area contributed by atoms with Crippen molar-refractivity contribution in [2.24, 2.45) is 0 Å². The smallest absolute Gasteiger partial charge is 0.258 e. The van der Waals surface area contributed by atoms with E-state index in [1.807, 2.05) is 4.90 Å². The van der Waals surface area contributed by atoms with Crippen molar-refractivity contribution in [1.82, 2.24) is 9.88 Å². The molecule has 1 amide bonds. The molecule has 1 aromatic heterocycles. The standard InChI is InChI=1S/C23H20F2N4O2/c1-26-19-7-5-16(24)14-20(19)28-9-11-29(12-10-28)21(30)8-6-17-13-15-3-2-4-18(25)22(15)23(31)27-17/h2-5,7,13-14H,6,8-12H2,(H,27,31). The summed E-state index contributed by atoms with van der Waals surface area (Å²) in [7, 11) is 0. The van der Waals surface area contributed by atoms with E-state index in [1.54, 1.807) is 23.1 Å². The van der Waals surface area contributed by atoms with Crippen molar-refractivity contribution < 1.29 is 13.6 Å². The minimum absolute atomic E-state index is 0.0184. The number of H-pyrrole nitrogens is 1. The molecule has 0 bridgehead atoms. The first-order valence-corrected chi connectivity index (χ1v) is 9.96. The molecule has 2 aromatic carbocycles. The van der Waals surface area contributed by atoms with Crippen LogP contribution in [0.2, 0.25) is 0 Å². The predicted molar refractivity (Wildman–Crippen MR) is 114 cm³/mol. The fourth-order valence-electron chi connectivity index (χ4n) is 3.91. The maximum absolute atomic E-state index is 13.8. The van der Waals surface area contributed by atoms with E-state index >= 15 is 0 Å². The Labute approximate surface area is 177 Å². The number of halogens is 2. The van der Waals surface area contributed by atoms with Gasteiger partial charge in [-0.05, 0) is 36.1 Å². The van der Waals surface area contributed by atoms with Gasteiger partial charge in [0.2, 0.25) is 11.6 Å². The third kappa shape index (κ3) is 4.26. The fraction of sp³-hybridized carbons (Fsp3) is 0.261. The lowest BCUT2D eigenvalue weighted by molar-refractivity contribution is -0.131. The van der Waals surface area contributed by atoms with Crippen LogP contribution in [-0.2, 0) is 11.2 Å². The lowest BCUT2D eigenvalue weighted by Crippen LogP contribution is -2.48. The predicted octanol–water partition coefficient (Wildman–Crippen LogP) is 3.64. The average molecular weight is 422 g/mol. The Bertz CT molecular complexity index is 1240. The number of anilines is 1. The van der Waals surface area contributed by atoms with Gasteiger partial charge in [0.15, 0.2) is 0 Å². The summed E-state index contributed by atoms with van der Waals surface area (Å²) in [6.45, 7) is 9.20.